The number of hydrogen-bond acceptors (Lipinski definition) is 6. The van der Waals surface area contributed by atoms with E-state index >= 15 is 0 Å². The molecule has 0 saturated carbocycles. The van der Waals surface area contributed by atoms with Crippen LogP contribution in [0.15, 0.2) is 97.1 Å². The van der Waals surface area contributed by atoms with Gasteiger partial charge in [-0.2, -0.15) is 0 Å². The van der Waals surface area contributed by atoms with Gasteiger partial charge >= 0.3 is 0 Å². The fourth-order valence-electron chi connectivity index (χ4n) is 7.10. The van der Waals surface area contributed by atoms with Crippen LogP contribution >= 0.6 is 0 Å². The van der Waals surface area contributed by atoms with E-state index < -0.39 is 29.2 Å². The first-order valence-corrected chi connectivity index (χ1v) is 13.7. The van der Waals surface area contributed by atoms with Crippen LogP contribution in [0, 0.1) is 11.2 Å². The molecule has 0 amide bonds. The van der Waals surface area contributed by atoms with Gasteiger partial charge in [-0.1, -0.05) is 60.7 Å². The molecule has 1 spiro atoms. The summed E-state index contributed by atoms with van der Waals surface area (Å²) in [6.07, 6.45) is 3.52. The molecule has 1 saturated heterocycles. The Morgan fingerprint density at radius 2 is 1.48 bits per heavy atom. The van der Waals surface area contributed by atoms with Gasteiger partial charge in [0.05, 0.1) is 20.3 Å². The molecule has 208 valence electrons. The van der Waals surface area contributed by atoms with Crippen molar-refractivity contribution in [3.8, 4) is 11.5 Å². The summed E-state index contributed by atoms with van der Waals surface area (Å²) in [7, 11) is 3.07. The minimum Gasteiger partial charge on any atom is -0.497 e. The van der Waals surface area contributed by atoms with Crippen molar-refractivity contribution in [2.45, 2.75) is 18.0 Å². The molecule has 1 aliphatic carbocycles. The van der Waals surface area contributed by atoms with E-state index in [9.17, 15) is 18.8 Å². The predicted octanol–water partition coefficient (Wildman–Crippen LogP) is 6.16. The highest BCUT2D eigenvalue weighted by atomic mass is 19.1. The third kappa shape index (κ3) is 3.46. The molecule has 2 heterocycles. The minimum absolute atomic E-state index is 0.286. The Balaban J connectivity index is 1.55. The monoisotopic (exact) mass is 559 g/mol. The smallest absolute Gasteiger partial charge is 0.186 e. The Morgan fingerprint density at radius 3 is 2.17 bits per heavy atom. The first-order chi connectivity index (χ1) is 20.4. The van der Waals surface area contributed by atoms with Crippen LogP contribution in [0.4, 0.5) is 10.1 Å². The molecule has 0 radical (unpaired) electrons. The quantitative estimate of drug-likeness (QED) is 0.216. The van der Waals surface area contributed by atoms with Crippen LogP contribution in [0.5, 0.6) is 11.5 Å². The lowest BCUT2D eigenvalue weighted by molar-refractivity contribution is 0.0665. The number of nitrogens with zero attached hydrogens (tertiary/aromatic N) is 1. The number of rotatable bonds is 5. The van der Waals surface area contributed by atoms with Crippen molar-refractivity contribution in [3.63, 3.8) is 0 Å². The van der Waals surface area contributed by atoms with Crippen LogP contribution in [0.3, 0.4) is 0 Å². The van der Waals surface area contributed by atoms with Crippen molar-refractivity contribution in [2.75, 3.05) is 19.1 Å². The van der Waals surface area contributed by atoms with Crippen molar-refractivity contribution < 1.29 is 28.2 Å². The van der Waals surface area contributed by atoms with Crippen LogP contribution in [-0.2, 0) is 0 Å². The van der Waals surface area contributed by atoms with Crippen molar-refractivity contribution in [1.82, 2.24) is 0 Å². The fourth-order valence-corrected chi connectivity index (χ4v) is 7.10. The average molecular weight is 560 g/mol. The summed E-state index contributed by atoms with van der Waals surface area (Å²) in [5.41, 5.74) is 1.15. The molecule has 42 heavy (non-hydrogen) atoms. The van der Waals surface area contributed by atoms with E-state index in [1.54, 1.807) is 92.1 Å². The minimum atomic E-state index is -1.65. The summed E-state index contributed by atoms with van der Waals surface area (Å²) in [5.74, 6) is -1.23. The summed E-state index contributed by atoms with van der Waals surface area (Å²) in [6.45, 7) is 0. The van der Waals surface area contributed by atoms with Gasteiger partial charge in [0.25, 0.3) is 0 Å². The lowest BCUT2D eigenvalue weighted by atomic mass is 9.64. The van der Waals surface area contributed by atoms with Crippen LogP contribution in [-0.4, -0.2) is 43.7 Å². The molecule has 0 N–H and O–H groups in total. The van der Waals surface area contributed by atoms with Gasteiger partial charge in [0, 0.05) is 33.9 Å². The number of hydrogen-bond donors (Lipinski definition) is 0. The molecule has 3 aliphatic rings. The number of benzene rings is 4. The number of halogens is 1. The number of carbonyl (C=O) groups excluding carboxylic acids is 3. The molecule has 4 aromatic carbocycles. The van der Waals surface area contributed by atoms with Gasteiger partial charge in [-0.3, -0.25) is 14.4 Å². The SMILES string of the molecule is COc1cccc(C(=O)[C@@H]2[C@H](c3cccc(OC)c3)C3(C(=O)c4ccccc4C3=O)[C@@H]3C=Cc4cc(F)ccc4N23)c1. The lowest BCUT2D eigenvalue weighted by Crippen LogP contribution is -2.48. The Morgan fingerprint density at radius 1 is 0.810 bits per heavy atom. The number of anilines is 1. The highest BCUT2D eigenvalue weighted by molar-refractivity contribution is 6.32. The van der Waals surface area contributed by atoms with Gasteiger partial charge < -0.3 is 14.4 Å². The molecule has 0 aromatic heterocycles. The third-order valence-corrected chi connectivity index (χ3v) is 8.84. The van der Waals surface area contributed by atoms with E-state index in [2.05, 4.69) is 0 Å². The summed E-state index contributed by atoms with van der Waals surface area (Å²) in [4.78, 5) is 46.0. The van der Waals surface area contributed by atoms with E-state index in [0.29, 0.717) is 45.0 Å². The van der Waals surface area contributed by atoms with Gasteiger partial charge in [-0.25, -0.2) is 4.39 Å². The van der Waals surface area contributed by atoms with E-state index in [4.69, 9.17) is 9.47 Å². The highest BCUT2D eigenvalue weighted by Gasteiger charge is 2.71. The zero-order chi connectivity index (χ0) is 29.2. The van der Waals surface area contributed by atoms with Gasteiger partial charge in [0.1, 0.15) is 28.8 Å². The van der Waals surface area contributed by atoms with Crippen LogP contribution in [0.2, 0.25) is 0 Å². The molecule has 6 nitrogen and oxygen atoms in total. The third-order valence-electron chi connectivity index (χ3n) is 8.84. The van der Waals surface area contributed by atoms with Crippen molar-refractivity contribution in [1.29, 1.82) is 0 Å². The first kappa shape index (κ1) is 25.9. The normalized spacial score (nSPS) is 21.2. The van der Waals surface area contributed by atoms with E-state index in [1.807, 2.05) is 11.0 Å². The second-order valence-electron chi connectivity index (χ2n) is 10.8. The zero-order valence-corrected chi connectivity index (χ0v) is 22.9. The van der Waals surface area contributed by atoms with Crippen LogP contribution < -0.4 is 14.4 Å². The van der Waals surface area contributed by atoms with Gasteiger partial charge in [0.2, 0.25) is 0 Å². The molecule has 0 unspecified atom stereocenters. The summed E-state index contributed by atoms with van der Waals surface area (Å²) in [6, 6.07) is 23.4. The number of Topliss-reactive ketones (excluding diaryl/α,β-unsaturated/α-hetero) is 3. The number of methoxy groups -OCH3 is 2. The van der Waals surface area contributed by atoms with E-state index in [0.717, 1.165) is 0 Å². The lowest BCUT2D eigenvalue weighted by Gasteiger charge is -2.37. The zero-order valence-electron chi connectivity index (χ0n) is 22.9. The number of fused-ring (bicyclic) bond motifs is 5. The standard InChI is InChI=1S/C35H26FNO5/c1-41-24-9-5-7-21(18-24)30-31(32(38)22-8-6-10-25(19-22)42-2)37-28-15-14-23(36)17-20(28)13-16-29(37)35(30)33(39)26-11-3-4-12-27(26)34(35)40/h3-19,29-31H,1-2H3/t29-,30-,31-/m0/s1. The molecule has 3 atom stereocenters. The number of ketones is 3. The predicted molar refractivity (Wildman–Crippen MR) is 156 cm³/mol. The van der Waals surface area contributed by atoms with Crippen molar-refractivity contribution in [2.24, 2.45) is 5.41 Å². The average Bonchev–Trinajstić information content (AvgIpc) is 3.46. The van der Waals surface area contributed by atoms with Gasteiger partial charge in [-0.15, -0.1) is 0 Å². The number of ether oxygens (including phenoxy) is 2. The Labute approximate surface area is 242 Å². The molecule has 4 aromatic rings. The molecule has 0 bridgehead atoms. The Bertz CT molecular complexity index is 1790. The molecule has 7 rings (SSSR count). The Hall–Kier alpha value is -5.04. The molecule has 1 fully saturated rings. The topological polar surface area (TPSA) is 72.9 Å². The Kier molecular flexibility index (Phi) is 5.87. The summed E-state index contributed by atoms with van der Waals surface area (Å²) < 4.78 is 25.4. The van der Waals surface area contributed by atoms with Crippen molar-refractivity contribution >= 4 is 29.1 Å². The second kappa shape index (κ2) is 9.52. The largest absolute Gasteiger partial charge is 0.497 e. The molecule has 7 heteroatoms. The van der Waals surface area contributed by atoms with E-state index in [1.165, 1.54) is 19.2 Å². The second-order valence-corrected chi connectivity index (χ2v) is 10.8. The highest BCUT2D eigenvalue weighted by Crippen LogP contribution is 2.61. The maximum atomic E-state index is 14.8. The first-order valence-electron chi connectivity index (χ1n) is 13.7. The van der Waals surface area contributed by atoms with Crippen LogP contribution in [0.25, 0.3) is 6.08 Å². The number of carbonyl (C=O) groups is 3. The maximum absolute atomic E-state index is 14.8. The fraction of sp³-hybridized carbons (Fsp3) is 0.171. The maximum Gasteiger partial charge on any atom is 0.186 e. The molecular weight excluding hydrogens is 533 g/mol. The summed E-state index contributed by atoms with van der Waals surface area (Å²) >= 11 is 0. The molecule has 2 aliphatic heterocycles. The van der Waals surface area contributed by atoms with Gasteiger partial charge in [0.15, 0.2) is 17.3 Å². The summed E-state index contributed by atoms with van der Waals surface area (Å²) in [5, 5.41) is 0. The van der Waals surface area contributed by atoms with Crippen molar-refractivity contribution in [3.05, 3.63) is 131 Å². The van der Waals surface area contributed by atoms with Gasteiger partial charge in [-0.05, 0) is 48.0 Å². The van der Waals surface area contributed by atoms with Crippen LogP contribution in [0.1, 0.15) is 48.1 Å². The van der Waals surface area contributed by atoms with E-state index in [-0.39, 0.29) is 17.3 Å². The molecular formula is C35H26FNO5.